The smallest absolute Gasteiger partial charge is 0.234 e. The molecule has 0 aromatic carbocycles. The third-order valence-electron chi connectivity index (χ3n) is 1.67. The monoisotopic (exact) mass is 213 g/mol. The van der Waals surface area contributed by atoms with Gasteiger partial charge in [-0.25, -0.2) is 0 Å². The van der Waals surface area contributed by atoms with Gasteiger partial charge in [-0.05, 0) is 12.8 Å². The molecule has 5 heteroatoms. The summed E-state index contributed by atoms with van der Waals surface area (Å²) in [7, 11) is 0. The van der Waals surface area contributed by atoms with Gasteiger partial charge in [0.05, 0.1) is 5.69 Å². The van der Waals surface area contributed by atoms with Gasteiger partial charge in [0.1, 0.15) is 5.88 Å². The highest BCUT2D eigenvalue weighted by Gasteiger charge is 1.97. The summed E-state index contributed by atoms with van der Waals surface area (Å²) in [5.74, 6) is -0.115. The molecule has 1 heterocycles. The number of aromatic nitrogens is 2. The van der Waals surface area contributed by atoms with E-state index in [4.69, 9.17) is 11.6 Å². The van der Waals surface area contributed by atoms with Gasteiger partial charge in [0.15, 0.2) is 0 Å². The molecule has 1 N–H and O–H groups in total. The number of nitrogens with one attached hydrogen (secondary N) is 1. The highest BCUT2D eigenvalue weighted by Crippen LogP contribution is 1.94. The number of nitrogens with zero attached hydrogens (tertiary/aromatic N) is 2. The number of hydrogen-bond donors (Lipinski definition) is 1. The van der Waals surface area contributed by atoms with Crippen LogP contribution in [0.4, 0.5) is 0 Å². The average Bonchev–Trinajstić information content (AvgIpc) is 2.25. The van der Waals surface area contributed by atoms with E-state index in [0.717, 1.165) is 18.5 Å². The molecule has 0 saturated heterocycles. The number of hydrogen-bond acceptors (Lipinski definition) is 3. The van der Waals surface area contributed by atoms with Crippen LogP contribution in [0.3, 0.4) is 0 Å². The fourth-order valence-electron chi connectivity index (χ4n) is 1.00. The van der Waals surface area contributed by atoms with E-state index < -0.39 is 0 Å². The van der Waals surface area contributed by atoms with Crippen LogP contribution in [-0.4, -0.2) is 28.3 Å². The zero-order valence-electron chi connectivity index (χ0n) is 7.74. The normalized spacial score (nSPS) is 9.79. The van der Waals surface area contributed by atoms with Crippen molar-refractivity contribution in [2.24, 2.45) is 0 Å². The standard InChI is InChI=1S/C9H12ClN3O/c10-6-9(14)13-3-1-2-8-7-11-4-5-12-8/h4-5,7H,1-3,6H2,(H,13,14). The van der Waals surface area contributed by atoms with E-state index in [1.165, 1.54) is 0 Å². The molecular weight excluding hydrogens is 202 g/mol. The van der Waals surface area contributed by atoms with Crippen molar-refractivity contribution in [3.05, 3.63) is 24.3 Å². The summed E-state index contributed by atoms with van der Waals surface area (Å²) in [6, 6.07) is 0. The summed E-state index contributed by atoms with van der Waals surface area (Å²) in [6.45, 7) is 0.627. The van der Waals surface area contributed by atoms with E-state index >= 15 is 0 Å². The van der Waals surface area contributed by atoms with Gasteiger partial charge in [0.2, 0.25) is 5.91 Å². The van der Waals surface area contributed by atoms with Crippen LogP contribution in [0.5, 0.6) is 0 Å². The maximum Gasteiger partial charge on any atom is 0.234 e. The Morgan fingerprint density at radius 3 is 3.00 bits per heavy atom. The van der Waals surface area contributed by atoms with Crippen LogP contribution in [0.2, 0.25) is 0 Å². The van der Waals surface area contributed by atoms with Crippen molar-refractivity contribution >= 4 is 17.5 Å². The van der Waals surface area contributed by atoms with Crippen molar-refractivity contribution in [1.82, 2.24) is 15.3 Å². The van der Waals surface area contributed by atoms with Crippen LogP contribution in [0, 0.1) is 0 Å². The van der Waals surface area contributed by atoms with Crippen molar-refractivity contribution in [3.8, 4) is 0 Å². The number of amides is 1. The number of aryl methyl sites for hydroxylation is 1. The molecule has 0 spiro atoms. The first-order valence-corrected chi connectivity index (χ1v) is 4.94. The molecule has 1 aromatic heterocycles. The van der Waals surface area contributed by atoms with Crippen LogP contribution in [0.1, 0.15) is 12.1 Å². The Morgan fingerprint density at radius 1 is 1.50 bits per heavy atom. The quantitative estimate of drug-likeness (QED) is 0.581. The van der Waals surface area contributed by atoms with Crippen LogP contribution in [0.15, 0.2) is 18.6 Å². The summed E-state index contributed by atoms with van der Waals surface area (Å²) in [5.41, 5.74) is 0.938. The van der Waals surface area contributed by atoms with Crippen molar-refractivity contribution in [2.75, 3.05) is 12.4 Å². The lowest BCUT2D eigenvalue weighted by molar-refractivity contribution is -0.118. The second-order valence-corrected chi connectivity index (χ2v) is 3.05. The minimum atomic E-state index is -0.134. The molecule has 0 fully saturated rings. The maximum absolute atomic E-state index is 10.8. The van der Waals surface area contributed by atoms with Gasteiger partial charge in [0.25, 0.3) is 0 Å². The number of rotatable bonds is 5. The number of carbonyl (C=O) groups excluding carboxylic acids is 1. The molecule has 0 radical (unpaired) electrons. The Labute approximate surface area is 87.7 Å². The largest absolute Gasteiger partial charge is 0.355 e. The van der Waals surface area contributed by atoms with Gasteiger partial charge in [-0.15, -0.1) is 11.6 Å². The van der Waals surface area contributed by atoms with Gasteiger partial charge in [-0.2, -0.15) is 0 Å². The molecule has 1 amide bonds. The van der Waals surface area contributed by atoms with Crippen LogP contribution < -0.4 is 5.32 Å². The Kier molecular flexibility index (Phi) is 4.93. The second kappa shape index (κ2) is 6.32. The molecular formula is C9H12ClN3O. The molecule has 14 heavy (non-hydrogen) atoms. The van der Waals surface area contributed by atoms with Crippen LogP contribution in [0.25, 0.3) is 0 Å². The van der Waals surface area contributed by atoms with E-state index in [2.05, 4.69) is 15.3 Å². The zero-order chi connectivity index (χ0) is 10.2. The highest BCUT2D eigenvalue weighted by atomic mass is 35.5. The van der Waals surface area contributed by atoms with Gasteiger partial charge >= 0.3 is 0 Å². The first-order valence-electron chi connectivity index (χ1n) is 4.40. The van der Waals surface area contributed by atoms with Crippen molar-refractivity contribution in [2.45, 2.75) is 12.8 Å². The summed E-state index contributed by atoms with van der Waals surface area (Å²) in [5, 5.41) is 2.68. The molecule has 76 valence electrons. The fourth-order valence-corrected chi connectivity index (χ4v) is 1.10. The first kappa shape index (κ1) is 10.9. The number of halogens is 1. The third kappa shape index (κ3) is 4.18. The SMILES string of the molecule is O=C(CCl)NCCCc1cnccn1. The molecule has 0 aliphatic rings. The molecule has 0 aliphatic carbocycles. The first-order chi connectivity index (χ1) is 6.83. The molecule has 4 nitrogen and oxygen atoms in total. The molecule has 0 aliphatic heterocycles. The van der Waals surface area contributed by atoms with Crippen molar-refractivity contribution in [3.63, 3.8) is 0 Å². The van der Waals surface area contributed by atoms with Gasteiger partial charge < -0.3 is 5.32 Å². The molecule has 0 unspecified atom stereocenters. The summed E-state index contributed by atoms with van der Waals surface area (Å²) in [4.78, 5) is 18.8. The predicted octanol–water partition coefficient (Wildman–Crippen LogP) is 0.764. The van der Waals surface area contributed by atoms with Gasteiger partial charge in [-0.3, -0.25) is 14.8 Å². The fraction of sp³-hybridized carbons (Fsp3) is 0.444. The Morgan fingerprint density at radius 2 is 2.36 bits per heavy atom. The second-order valence-electron chi connectivity index (χ2n) is 2.78. The highest BCUT2D eigenvalue weighted by molar-refractivity contribution is 6.27. The summed E-state index contributed by atoms with van der Waals surface area (Å²) >= 11 is 5.31. The lowest BCUT2D eigenvalue weighted by atomic mass is 10.2. The maximum atomic E-state index is 10.8. The Hall–Kier alpha value is -1.16. The van der Waals surface area contributed by atoms with E-state index in [1.807, 2.05) is 0 Å². The summed E-state index contributed by atoms with van der Waals surface area (Å²) < 4.78 is 0. The Balaban J connectivity index is 2.13. The van der Waals surface area contributed by atoms with E-state index in [9.17, 15) is 4.79 Å². The topological polar surface area (TPSA) is 54.9 Å². The average molecular weight is 214 g/mol. The predicted molar refractivity (Wildman–Crippen MR) is 54.1 cm³/mol. The number of alkyl halides is 1. The molecule has 0 saturated carbocycles. The van der Waals surface area contributed by atoms with E-state index in [1.54, 1.807) is 18.6 Å². The lowest BCUT2D eigenvalue weighted by Crippen LogP contribution is -2.25. The Bertz CT molecular complexity index is 279. The van der Waals surface area contributed by atoms with Gasteiger partial charge in [0, 0.05) is 25.1 Å². The zero-order valence-corrected chi connectivity index (χ0v) is 8.50. The lowest BCUT2D eigenvalue weighted by Gasteiger charge is -2.01. The molecule has 0 bridgehead atoms. The van der Waals surface area contributed by atoms with E-state index in [0.29, 0.717) is 6.54 Å². The minimum absolute atomic E-state index is 0.0190. The summed E-state index contributed by atoms with van der Waals surface area (Å²) in [6.07, 6.45) is 6.69. The molecule has 1 rings (SSSR count). The van der Waals surface area contributed by atoms with Crippen LogP contribution in [-0.2, 0) is 11.2 Å². The van der Waals surface area contributed by atoms with Crippen LogP contribution >= 0.6 is 11.6 Å². The molecule has 0 atom stereocenters. The molecule has 1 aromatic rings. The van der Waals surface area contributed by atoms with Crippen molar-refractivity contribution in [1.29, 1.82) is 0 Å². The number of carbonyl (C=O) groups is 1. The van der Waals surface area contributed by atoms with Gasteiger partial charge in [-0.1, -0.05) is 0 Å². The van der Waals surface area contributed by atoms with E-state index in [-0.39, 0.29) is 11.8 Å². The minimum Gasteiger partial charge on any atom is -0.355 e. The third-order valence-corrected chi connectivity index (χ3v) is 1.91. The van der Waals surface area contributed by atoms with Crippen molar-refractivity contribution < 1.29 is 4.79 Å².